The van der Waals surface area contributed by atoms with Gasteiger partial charge in [0, 0.05) is 11.4 Å². The standard InChI is InChI=1S/C16H17NO3/c1-11(2)20-15-8-6-13(7-9-15)17-14-5-3-4-12(10-14)16(18)19/h3-11,17H,1-2H3,(H,18,19). The molecule has 4 nitrogen and oxygen atoms in total. The van der Waals surface area contributed by atoms with E-state index < -0.39 is 5.97 Å². The lowest BCUT2D eigenvalue weighted by atomic mass is 10.2. The summed E-state index contributed by atoms with van der Waals surface area (Å²) < 4.78 is 5.56. The summed E-state index contributed by atoms with van der Waals surface area (Å²) in [4.78, 5) is 10.9. The first kappa shape index (κ1) is 13.9. The minimum absolute atomic E-state index is 0.140. The number of aromatic carboxylic acids is 1. The molecule has 0 aliphatic heterocycles. The van der Waals surface area contributed by atoms with Crippen LogP contribution in [0.3, 0.4) is 0 Å². The fourth-order valence-electron chi connectivity index (χ4n) is 1.79. The van der Waals surface area contributed by atoms with Gasteiger partial charge in [-0.15, -0.1) is 0 Å². The summed E-state index contributed by atoms with van der Waals surface area (Å²) in [5.74, 6) is -0.126. The molecular weight excluding hydrogens is 254 g/mol. The Morgan fingerprint density at radius 2 is 1.80 bits per heavy atom. The minimum Gasteiger partial charge on any atom is -0.491 e. The largest absolute Gasteiger partial charge is 0.491 e. The number of carbonyl (C=O) groups is 1. The first-order valence-corrected chi connectivity index (χ1v) is 6.41. The molecule has 0 aromatic heterocycles. The van der Waals surface area contributed by atoms with Crippen LogP contribution in [-0.4, -0.2) is 17.2 Å². The quantitative estimate of drug-likeness (QED) is 0.865. The molecule has 2 aromatic carbocycles. The summed E-state index contributed by atoms with van der Waals surface area (Å²) in [5, 5.41) is 12.1. The van der Waals surface area contributed by atoms with Crippen molar-refractivity contribution < 1.29 is 14.6 Å². The van der Waals surface area contributed by atoms with Crippen molar-refractivity contribution in [2.24, 2.45) is 0 Å². The average molecular weight is 271 g/mol. The number of nitrogens with one attached hydrogen (secondary N) is 1. The van der Waals surface area contributed by atoms with Crippen LogP contribution in [0.15, 0.2) is 48.5 Å². The molecule has 0 unspecified atom stereocenters. The number of carboxylic acids is 1. The van der Waals surface area contributed by atoms with E-state index in [4.69, 9.17) is 9.84 Å². The third kappa shape index (κ3) is 3.75. The fourth-order valence-corrected chi connectivity index (χ4v) is 1.79. The number of benzene rings is 2. The van der Waals surface area contributed by atoms with E-state index in [1.807, 2.05) is 44.2 Å². The van der Waals surface area contributed by atoms with Gasteiger partial charge in [-0.1, -0.05) is 6.07 Å². The Labute approximate surface area is 118 Å². The van der Waals surface area contributed by atoms with Crippen molar-refractivity contribution in [3.05, 3.63) is 54.1 Å². The van der Waals surface area contributed by atoms with Crippen LogP contribution >= 0.6 is 0 Å². The Morgan fingerprint density at radius 3 is 2.40 bits per heavy atom. The molecular formula is C16H17NO3. The molecule has 0 saturated heterocycles. The zero-order valence-corrected chi connectivity index (χ0v) is 11.5. The fraction of sp³-hybridized carbons (Fsp3) is 0.188. The van der Waals surface area contributed by atoms with E-state index in [2.05, 4.69) is 5.32 Å². The Kier molecular flexibility index (Phi) is 4.25. The highest BCUT2D eigenvalue weighted by molar-refractivity contribution is 5.89. The van der Waals surface area contributed by atoms with Gasteiger partial charge in [-0.25, -0.2) is 4.79 Å². The highest BCUT2D eigenvalue weighted by atomic mass is 16.5. The number of ether oxygens (including phenoxy) is 1. The van der Waals surface area contributed by atoms with Crippen molar-refractivity contribution >= 4 is 17.3 Å². The molecule has 0 radical (unpaired) electrons. The van der Waals surface area contributed by atoms with E-state index in [1.54, 1.807) is 18.2 Å². The van der Waals surface area contributed by atoms with Crippen molar-refractivity contribution in [1.82, 2.24) is 0 Å². The Bertz CT molecular complexity index is 591. The molecule has 20 heavy (non-hydrogen) atoms. The van der Waals surface area contributed by atoms with Crippen LogP contribution in [0.1, 0.15) is 24.2 Å². The van der Waals surface area contributed by atoms with Crippen molar-refractivity contribution in [3.63, 3.8) is 0 Å². The van der Waals surface area contributed by atoms with E-state index in [1.165, 1.54) is 0 Å². The number of anilines is 2. The highest BCUT2D eigenvalue weighted by Crippen LogP contribution is 2.21. The predicted octanol–water partition coefficient (Wildman–Crippen LogP) is 3.92. The van der Waals surface area contributed by atoms with Gasteiger partial charge in [0.25, 0.3) is 0 Å². The zero-order chi connectivity index (χ0) is 14.5. The third-order valence-corrected chi connectivity index (χ3v) is 2.62. The molecule has 0 bridgehead atoms. The summed E-state index contributed by atoms with van der Waals surface area (Å²) in [6, 6.07) is 14.2. The smallest absolute Gasteiger partial charge is 0.335 e. The normalized spacial score (nSPS) is 10.3. The van der Waals surface area contributed by atoms with Crippen LogP contribution in [0.2, 0.25) is 0 Å². The summed E-state index contributed by atoms with van der Waals surface area (Å²) in [5.41, 5.74) is 1.88. The van der Waals surface area contributed by atoms with Crippen LogP contribution in [-0.2, 0) is 0 Å². The molecule has 2 N–H and O–H groups in total. The van der Waals surface area contributed by atoms with Gasteiger partial charge in [-0.2, -0.15) is 0 Å². The van der Waals surface area contributed by atoms with Gasteiger partial charge in [-0.3, -0.25) is 0 Å². The minimum atomic E-state index is -0.936. The van der Waals surface area contributed by atoms with E-state index in [0.29, 0.717) is 0 Å². The third-order valence-electron chi connectivity index (χ3n) is 2.62. The number of rotatable bonds is 5. The number of carboxylic acid groups (broad SMARTS) is 1. The first-order chi connectivity index (χ1) is 9.54. The molecule has 2 aromatic rings. The van der Waals surface area contributed by atoms with Crippen molar-refractivity contribution in [2.45, 2.75) is 20.0 Å². The van der Waals surface area contributed by atoms with Gasteiger partial charge in [-0.05, 0) is 56.3 Å². The van der Waals surface area contributed by atoms with Gasteiger partial charge in [0.1, 0.15) is 5.75 Å². The molecule has 0 fully saturated rings. The highest BCUT2D eigenvalue weighted by Gasteiger charge is 2.03. The van der Waals surface area contributed by atoms with Crippen molar-refractivity contribution in [3.8, 4) is 5.75 Å². The van der Waals surface area contributed by atoms with E-state index in [-0.39, 0.29) is 11.7 Å². The van der Waals surface area contributed by atoms with Gasteiger partial charge in [0.15, 0.2) is 0 Å². The lowest BCUT2D eigenvalue weighted by Crippen LogP contribution is -2.05. The maximum atomic E-state index is 10.9. The summed E-state index contributed by atoms with van der Waals surface area (Å²) in [6.07, 6.45) is 0.140. The van der Waals surface area contributed by atoms with Crippen LogP contribution in [0.5, 0.6) is 5.75 Å². The van der Waals surface area contributed by atoms with E-state index in [0.717, 1.165) is 17.1 Å². The van der Waals surface area contributed by atoms with Crippen LogP contribution in [0, 0.1) is 0 Å². The van der Waals surface area contributed by atoms with Crippen LogP contribution < -0.4 is 10.1 Å². The second-order valence-corrected chi connectivity index (χ2v) is 4.70. The molecule has 0 spiro atoms. The average Bonchev–Trinajstić information content (AvgIpc) is 2.41. The maximum Gasteiger partial charge on any atom is 0.335 e. The van der Waals surface area contributed by atoms with Crippen LogP contribution in [0.25, 0.3) is 0 Å². The SMILES string of the molecule is CC(C)Oc1ccc(Nc2cccc(C(=O)O)c2)cc1. The zero-order valence-electron chi connectivity index (χ0n) is 11.5. The summed E-state index contributed by atoms with van der Waals surface area (Å²) in [6.45, 7) is 3.95. The van der Waals surface area contributed by atoms with E-state index in [9.17, 15) is 4.79 Å². The summed E-state index contributed by atoms with van der Waals surface area (Å²) >= 11 is 0. The molecule has 104 valence electrons. The predicted molar refractivity (Wildman–Crippen MR) is 78.9 cm³/mol. The maximum absolute atomic E-state index is 10.9. The number of hydrogen-bond donors (Lipinski definition) is 2. The Morgan fingerprint density at radius 1 is 1.10 bits per heavy atom. The molecule has 0 aliphatic rings. The summed E-state index contributed by atoms with van der Waals surface area (Å²) in [7, 11) is 0. The Hall–Kier alpha value is -2.49. The van der Waals surface area contributed by atoms with Crippen molar-refractivity contribution in [1.29, 1.82) is 0 Å². The van der Waals surface area contributed by atoms with Gasteiger partial charge in [0.2, 0.25) is 0 Å². The number of hydrogen-bond acceptors (Lipinski definition) is 3. The molecule has 2 rings (SSSR count). The molecule has 0 amide bonds. The molecule has 0 heterocycles. The molecule has 0 aliphatic carbocycles. The lowest BCUT2D eigenvalue weighted by molar-refractivity contribution is 0.0697. The second-order valence-electron chi connectivity index (χ2n) is 4.70. The van der Waals surface area contributed by atoms with Gasteiger partial charge < -0.3 is 15.2 Å². The lowest BCUT2D eigenvalue weighted by Gasteiger charge is -2.11. The molecule has 0 saturated carbocycles. The van der Waals surface area contributed by atoms with Crippen molar-refractivity contribution in [2.75, 3.05) is 5.32 Å². The van der Waals surface area contributed by atoms with E-state index >= 15 is 0 Å². The first-order valence-electron chi connectivity index (χ1n) is 6.41. The molecule has 0 atom stereocenters. The molecule has 4 heteroatoms. The van der Waals surface area contributed by atoms with Gasteiger partial charge >= 0.3 is 5.97 Å². The van der Waals surface area contributed by atoms with Crippen LogP contribution in [0.4, 0.5) is 11.4 Å². The monoisotopic (exact) mass is 271 g/mol. The topological polar surface area (TPSA) is 58.6 Å². The Balaban J connectivity index is 2.10. The second kappa shape index (κ2) is 6.10. The van der Waals surface area contributed by atoms with Gasteiger partial charge in [0.05, 0.1) is 11.7 Å².